The molecular weight excluding hydrogens is 238 g/mol. The Labute approximate surface area is 106 Å². The second-order valence-electron chi connectivity index (χ2n) is 3.54. The fourth-order valence-electron chi connectivity index (χ4n) is 1.10. The average Bonchev–Trinajstić information content (AvgIpc) is 2.34. The van der Waals surface area contributed by atoms with Crippen molar-refractivity contribution in [1.29, 1.82) is 0 Å². The Morgan fingerprint density at radius 3 is 2.59 bits per heavy atom. The predicted molar refractivity (Wildman–Crippen MR) is 67.7 cm³/mol. The van der Waals surface area contributed by atoms with Crippen molar-refractivity contribution in [3.63, 3.8) is 0 Å². The van der Waals surface area contributed by atoms with E-state index in [-0.39, 0.29) is 19.1 Å². The number of rotatable bonds is 5. The van der Waals surface area contributed by atoms with Gasteiger partial charge in [0.25, 0.3) is 0 Å². The van der Waals surface area contributed by atoms with Gasteiger partial charge in [-0.15, -0.1) is 0 Å². The second-order valence-corrected chi connectivity index (χ2v) is 4.31. The van der Waals surface area contributed by atoms with Crippen LogP contribution in [0.2, 0.25) is 0 Å². The topological polar surface area (TPSA) is 55.4 Å². The van der Waals surface area contributed by atoms with Gasteiger partial charge in [-0.2, -0.15) is 12.6 Å². The average molecular weight is 253 g/mol. The van der Waals surface area contributed by atoms with E-state index in [1.807, 2.05) is 30.3 Å². The molecule has 1 atom stereocenters. The standard InChI is InChI=1S/C12H15NO3S/c1-9(17)12(15)13-7-11(14)16-8-10-5-3-2-4-6-10/h2-6,9,17H,7-8H2,1H3,(H,13,15). The molecule has 0 fully saturated rings. The van der Waals surface area contributed by atoms with Crippen LogP contribution in [-0.4, -0.2) is 23.7 Å². The molecule has 1 N–H and O–H groups in total. The molecule has 92 valence electrons. The molecule has 5 heteroatoms. The summed E-state index contributed by atoms with van der Waals surface area (Å²) in [5.41, 5.74) is 0.912. The van der Waals surface area contributed by atoms with E-state index in [4.69, 9.17) is 4.74 Å². The summed E-state index contributed by atoms with van der Waals surface area (Å²) in [7, 11) is 0. The highest BCUT2D eigenvalue weighted by molar-refractivity contribution is 7.81. The molecule has 0 saturated heterocycles. The number of hydrogen-bond donors (Lipinski definition) is 2. The van der Waals surface area contributed by atoms with Gasteiger partial charge in [0.1, 0.15) is 13.2 Å². The van der Waals surface area contributed by atoms with E-state index in [9.17, 15) is 9.59 Å². The highest BCUT2D eigenvalue weighted by atomic mass is 32.1. The van der Waals surface area contributed by atoms with Crippen LogP contribution in [0.5, 0.6) is 0 Å². The third-order valence-electron chi connectivity index (χ3n) is 2.03. The third-order valence-corrected chi connectivity index (χ3v) is 2.26. The summed E-state index contributed by atoms with van der Waals surface area (Å²) in [6.45, 7) is 1.72. The second kappa shape index (κ2) is 6.96. The van der Waals surface area contributed by atoms with Crippen molar-refractivity contribution in [2.24, 2.45) is 0 Å². The fraction of sp³-hybridized carbons (Fsp3) is 0.333. The normalized spacial score (nSPS) is 11.6. The summed E-state index contributed by atoms with van der Waals surface area (Å²) in [6.07, 6.45) is 0. The van der Waals surface area contributed by atoms with Gasteiger partial charge in [0.15, 0.2) is 0 Å². The lowest BCUT2D eigenvalue weighted by molar-refractivity contribution is -0.145. The van der Waals surface area contributed by atoms with E-state index >= 15 is 0 Å². The molecule has 0 bridgehead atoms. The Bertz CT molecular complexity index is 379. The molecule has 1 aromatic carbocycles. The maximum Gasteiger partial charge on any atom is 0.325 e. The minimum atomic E-state index is -0.462. The molecule has 0 aromatic heterocycles. The van der Waals surface area contributed by atoms with Gasteiger partial charge >= 0.3 is 5.97 Å². The first kappa shape index (κ1) is 13.6. The highest BCUT2D eigenvalue weighted by Gasteiger charge is 2.10. The minimum absolute atomic E-state index is 0.128. The fourth-order valence-corrected chi connectivity index (χ4v) is 1.19. The van der Waals surface area contributed by atoms with Crippen molar-refractivity contribution in [2.75, 3.05) is 6.54 Å². The van der Waals surface area contributed by atoms with Crippen molar-refractivity contribution >= 4 is 24.5 Å². The van der Waals surface area contributed by atoms with E-state index in [1.54, 1.807) is 6.92 Å². The highest BCUT2D eigenvalue weighted by Crippen LogP contribution is 2.00. The van der Waals surface area contributed by atoms with E-state index in [1.165, 1.54) is 0 Å². The van der Waals surface area contributed by atoms with Crippen LogP contribution in [0.4, 0.5) is 0 Å². The molecule has 0 aliphatic heterocycles. The van der Waals surface area contributed by atoms with Gasteiger partial charge < -0.3 is 10.1 Å². The zero-order valence-corrected chi connectivity index (χ0v) is 10.4. The van der Waals surface area contributed by atoms with Crippen molar-refractivity contribution in [3.8, 4) is 0 Å². The minimum Gasteiger partial charge on any atom is -0.460 e. The first-order valence-corrected chi connectivity index (χ1v) is 5.76. The Morgan fingerprint density at radius 2 is 2.00 bits per heavy atom. The number of amides is 1. The SMILES string of the molecule is CC(S)C(=O)NCC(=O)OCc1ccccc1. The third kappa shape index (κ3) is 5.40. The van der Waals surface area contributed by atoms with Crippen LogP contribution in [0, 0.1) is 0 Å². The van der Waals surface area contributed by atoms with Crippen molar-refractivity contribution < 1.29 is 14.3 Å². The Hall–Kier alpha value is -1.49. The molecule has 4 nitrogen and oxygen atoms in total. The van der Waals surface area contributed by atoms with Crippen LogP contribution in [-0.2, 0) is 20.9 Å². The summed E-state index contributed by atoms with van der Waals surface area (Å²) in [5.74, 6) is -0.749. The number of benzene rings is 1. The Balaban J connectivity index is 2.24. The zero-order valence-electron chi connectivity index (χ0n) is 9.55. The van der Waals surface area contributed by atoms with Crippen molar-refractivity contribution in [3.05, 3.63) is 35.9 Å². The van der Waals surface area contributed by atoms with E-state index in [0.29, 0.717) is 0 Å². The number of nitrogens with one attached hydrogen (secondary N) is 1. The van der Waals surface area contributed by atoms with Gasteiger partial charge in [-0.3, -0.25) is 9.59 Å². The molecular formula is C12H15NO3S. The summed E-state index contributed by atoms with van der Waals surface area (Å²) in [6, 6.07) is 9.35. The van der Waals surface area contributed by atoms with Gasteiger partial charge in [-0.05, 0) is 12.5 Å². The molecule has 0 heterocycles. The van der Waals surface area contributed by atoms with Crippen LogP contribution in [0.3, 0.4) is 0 Å². The van der Waals surface area contributed by atoms with Gasteiger partial charge in [0.2, 0.25) is 5.91 Å². The van der Waals surface area contributed by atoms with Crippen LogP contribution in [0.15, 0.2) is 30.3 Å². The van der Waals surface area contributed by atoms with Gasteiger partial charge in [0, 0.05) is 0 Å². The first-order valence-electron chi connectivity index (χ1n) is 5.25. The smallest absolute Gasteiger partial charge is 0.325 e. The van der Waals surface area contributed by atoms with Crippen molar-refractivity contribution in [1.82, 2.24) is 5.32 Å². The number of carbonyl (C=O) groups is 2. The molecule has 17 heavy (non-hydrogen) atoms. The number of ether oxygens (including phenoxy) is 1. The Kier molecular flexibility index (Phi) is 5.56. The van der Waals surface area contributed by atoms with Gasteiger partial charge in [-0.1, -0.05) is 30.3 Å². The maximum atomic E-state index is 11.3. The van der Waals surface area contributed by atoms with Gasteiger partial charge in [-0.25, -0.2) is 0 Å². The Morgan fingerprint density at radius 1 is 1.35 bits per heavy atom. The lowest BCUT2D eigenvalue weighted by atomic mass is 10.2. The number of hydrogen-bond acceptors (Lipinski definition) is 4. The molecule has 1 rings (SSSR count). The molecule has 1 amide bonds. The van der Waals surface area contributed by atoms with Gasteiger partial charge in [0.05, 0.1) is 5.25 Å². The number of esters is 1. The summed E-state index contributed by atoms with van der Waals surface area (Å²) in [5, 5.41) is 1.99. The zero-order chi connectivity index (χ0) is 12.7. The first-order chi connectivity index (χ1) is 8.09. The number of thiol groups is 1. The summed E-state index contributed by atoms with van der Waals surface area (Å²) in [4.78, 5) is 22.4. The molecule has 0 aliphatic carbocycles. The predicted octanol–water partition coefficient (Wildman–Crippen LogP) is 1.16. The summed E-state index contributed by atoms with van der Waals surface area (Å²) < 4.78 is 4.98. The molecule has 1 unspecified atom stereocenters. The monoisotopic (exact) mass is 253 g/mol. The van der Waals surface area contributed by atoms with Crippen LogP contribution in [0.25, 0.3) is 0 Å². The van der Waals surface area contributed by atoms with E-state index in [2.05, 4.69) is 17.9 Å². The lowest BCUT2D eigenvalue weighted by Crippen LogP contribution is -2.34. The molecule has 0 saturated carbocycles. The van der Waals surface area contributed by atoms with E-state index < -0.39 is 11.2 Å². The molecule has 0 spiro atoms. The molecule has 0 radical (unpaired) electrons. The molecule has 0 aliphatic rings. The lowest BCUT2D eigenvalue weighted by Gasteiger charge is -2.07. The summed E-state index contributed by atoms with van der Waals surface area (Å²) >= 11 is 3.94. The van der Waals surface area contributed by atoms with E-state index in [0.717, 1.165) is 5.56 Å². The molecule has 1 aromatic rings. The quantitative estimate of drug-likeness (QED) is 0.611. The van der Waals surface area contributed by atoms with Crippen LogP contribution < -0.4 is 5.32 Å². The largest absolute Gasteiger partial charge is 0.460 e. The van der Waals surface area contributed by atoms with Crippen LogP contribution >= 0.6 is 12.6 Å². The van der Waals surface area contributed by atoms with Crippen LogP contribution in [0.1, 0.15) is 12.5 Å². The van der Waals surface area contributed by atoms with Crippen molar-refractivity contribution in [2.45, 2.75) is 18.8 Å². The maximum absolute atomic E-state index is 11.3. The number of carbonyl (C=O) groups excluding carboxylic acids is 2.